The van der Waals surface area contributed by atoms with Crippen molar-refractivity contribution < 1.29 is 4.79 Å². The molecule has 0 radical (unpaired) electrons. The summed E-state index contributed by atoms with van der Waals surface area (Å²) >= 11 is 0. The number of anilines is 1. The molecule has 0 fully saturated rings. The highest BCUT2D eigenvalue weighted by atomic mass is 16.1. The molecule has 0 atom stereocenters. The zero-order valence-corrected chi connectivity index (χ0v) is 8.21. The summed E-state index contributed by atoms with van der Waals surface area (Å²) in [5.41, 5.74) is 7.71. The van der Waals surface area contributed by atoms with Crippen LogP contribution in [0.1, 0.15) is 15.9 Å². The standard InChI is InChI=1S/C11H14N2O/c1-3-6-13-11(14)9-7-8(2)4-5-10(9)12/h3-5,7H,1,6,12H2,2H3,(H,13,14). The molecule has 0 aromatic heterocycles. The molecule has 14 heavy (non-hydrogen) atoms. The molecule has 0 aliphatic rings. The molecule has 3 N–H and O–H groups in total. The first-order valence-electron chi connectivity index (χ1n) is 4.40. The van der Waals surface area contributed by atoms with Gasteiger partial charge in [-0.3, -0.25) is 4.79 Å². The summed E-state index contributed by atoms with van der Waals surface area (Å²) in [7, 11) is 0. The van der Waals surface area contributed by atoms with E-state index in [2.05, 4.69) is 11.9 Å². The number of rotatable bonds is 3. The van der Waals surface area contributed by atoms with Gasteiger partial charge in [0.1, 0.15) is 0 Å². The molecule has 1 rings (SSSR count). The second-order valence-electron chi connectivity index (χ2n) is 3.09. The first kappa shape index (κ1) is 10.3. The number of amides is 1. The van der Waals surface area contributed by atoms with E-state index in [1.165, 1.54) is 0 Å². The number of benzene rings is 1. The zero-order chi connectivity index (χ0) is 10.6. The number of nitrogens with two attached hydrogens (primary N) is 1. The van der Waals surface area contributed by atoms with Gasteiger partial charge in [-0.1, -0.05) is 17.7 Å². The van der Waals surface area contributed by atoms with Crippen LogP contribution < -0.4 is 11.1 Å². The van der Waals surface area contributed by atoms with Crippen molar-refractivity contribution in [1.29, 1.82) is 0 Å². The molecular weight excluding hydrogens is 176 g/mol. The van der Waals surface area contributed by atoms with Crippen molar-refractivity contribution >= 4 is 11.6 Å². The molecule has 0 unspecified atom stereocenters. The lowest BCUT2D eigenvalue weighted by Gasteiger charge is -2.06. The Bertz CT molecular complexity index is 358. The van der Waals surface area contributed by atoms with Gasteiger partial charge in [0, 0.05) is 12.2 Å². The average Bonchev–Trinajstić information content (AvgIpc) is 2.18. The number of hydrogen-bond donors (Lipinski definition) is 2. The monoisotopic (exact) mass is 190 g/mol. The molecule has 0 aliphatic carbocycles. The summed E-state index contributed by atoms with van der Waals surface area (Å²) in [5.74, 6) is -0.161. The van der Waals surface area contributed by atoms with Crippen molar-refractivity contribution in [2.75, 3.05) is 12.3 Å². The fourth-order valence-corrected chi connectivity index (χ4v) is 1.13. The van der Waals surface area contributed by atoms with Gasteiger partial charge in [-0.15, -0.1) is 6.58 Å². The Morgan fingerprint density at radius 3 is 3.00 bits per heavy atom. The van der Waals surface area contributed by atoms with Crippen LogP contribution in [0.15, 0.2) is 30.9 Å². The first-order valence-corrected chi connectivity index (χ1v) is 4.40. The van der Waals surface area contributed by atoms with E-state index < -0.39 is 0 Å². The lowest BCUT2D eigenvalue weighted by Crippen LogP contribution is -2.24. The van der Waals surface area contributed by atoms with Crippen molar-refractivity contribution in [1.82, 2.24) is 5.32 Å². The van der Waals surface area contributed by atoms with Gasteiger partial charge in [0.15, 0.2) is 0 Å². The van der Waals surface area contributed by atoms with Crippen LogP contribution in [0, 0.1) is 6.92 Å². The van der Waals surface area contributed by atoms with Crippen molar-refractivity contribution in [3.63, 3.8) is 0 Å². The van der Waals surface area contributed by atoms with Gasteiger partial charge in [-0.05, 0) is 19.1 Å². The molecule has 0 spiro atoms. The van der Waals surface area contributed by atoms with Crippen molar-refractivity contribution in [3.8, 4) is 0 Å². The van der Waals surface area contributed by atoms with Crippen molar-refractivity contribution in [2.24, 2.45) is 0 Å². The van der Waals surface area contributed by atoms with E-state index in [1.807, 2.05) is 13.0 Å². The van der Waals surface area contributed by atoms with Crippen LogP contribution in [0.25, 0.3) is 0 Å². The highest BCUT2D eigenvalue weighted by Gasteiger charge is 2.07. The summed E-state index contributed by atoms with van der Waals surface area (Å²) in [6.07, 6.45) is 1.63. The second-order valence-corrected chi connectivity index (χ2v) is 3.09. The summed E-state index contributed by atoms with van der Waals surface area (Å²) < 4.78 is 0. The maximum Gasteiger partial charge on any atom is 0.253 e. The van der Waals surface area contributed by atoms with E-state index in [4.69, 9.17) is 5.73 Å². The van der Waals surface area contributed by atoms with Gasteiger partial charge in [0.2, 0.25) is 0 Å². The Labute approximate surface area is 83.6 Å². The minimum absolute atomic E-state index is 0.161. The van der Waals surface area contributed by atoms with Crippen LogP contribution in [0.5, 0.6) is 0 Å². The van der Waals surface area contributed by atoms with E-state index in [0.717, 1.165) is 5.56 Å². The third-order valence-corrected chi connectivity index (χ3v) is 1.86. The Balaban J connectivity index is 2.88. The van der Waals surface area contributed by atoms with Gasteiger partial charge >= 0.3 is 0 Å². The molecule has 3 heteroatoms. The van der Waals surface area contributed by atoms with Crippen LogP contribution in [-0.2, 0) is 0 Å². The van der Waals surface area contributed by atoms with Crippen molar-refractivity contribution in [2.45, 2.75) is 6.92 Å². The van der Waals surface area contributed by atoms with Crippen LogP contribution in [0.4, 0.5) is 5.69 Å². The molecular formula is C11H14N2O. The molecule has 0 heterocycles. The molecule has 74 valence electrons. The molecule has 3 nitrogen and oxygen atoms in total. The van der Waals surface area contributed by atoms with E-state index in [0.29, 0.717) is 17.8 Å². The number of nitrogens with one attached hydrogen (secondary N) is 1. The van der Waals surface area contributed by atoms with Gasteiger partial charge in [0.25, 0.3) is 5.91 Å². The fraction of sp³-hybridized carbons (Fsp3) is 0.182. The number of carbonyl (C=O) groups excluding carboxylic acids is 1. The van der Waals surface area contributed by atoms with Crippen LogP contribution >= 0.6 is 0 Å². The minimum atomic E-state index is -0.161. The van der Waals surface area contributed by atoms with Crippen LogP contribution in [-0.4, -0.2) is 12.5 Å². The summed E-state index contributed by atoms with van der Waals surface area (Å²) in [5, 5.41) is 2.68. The first-order chi connectivity index (χ1) is 6.65. The lowest BCUT2D eigenvalue weighted by atomic mass is 10.1. The van der Waals surface area contributed by atoms with E-state index >= 15 is 0 Å². The number of hydrogen-bond acceptors (Lipinski definition) is 2. The zero-order valence-electron chi connectivity index (χ0n) is 8.21. The summed E-state index contributed by atoms with van der Waals surface area (Å²) in [6.45, 7) is 5.89. The van der Waals surface area contributed by atoms with Crippen LogP contribution in [0.2, 0.25) is 0 Å². The molecule has 0 saturated carbocycles. The summed E-state index contributed by atoms with van der Waals surface area (Å²) in [6, 6.07) is 5.38. The average molecular weight is 190 g/mol. The number of nitrogen functional groups attached to an aromatic ring is 1. The van der Waals surface area contributed by atoms with Gasteiger partial charge < -0.3 is 11.1 Å². The molecule has 1 aromatic carbocycles. The molecule has 0 aliphatic heterocycles. The highest BCUT2D eigenvalue weighted by Crippen LogP contribution is 2.13. The largest absolute Gasteiger partial charge is 0.398 e. The molecule has 1 aromatic rings. The third kappa shape index (κ3) is 2.36. The topological polar surface area (TPSA) is 55.1 Å². The predicted octanol–water partition coefficient (Wildman–Crippen LogP) is 1.49. The number of aryl methyl sites for hydroxylation is 1. The molecule has 1 amide bonds. The van der Waals surface area contributed by atoms with Crippen LogP contribution in [0.3, 0.4) is 0 Å². The van der Waals surface area contributed by atoms with Gasteiger partial charge in [0.05, 0.1) is 5.56 Å². The fourth-order valence-electron chi connectivity index (χ4n) is 1.13. The quantitative estimate of drug-likeness (QED) is 0.560. The highest BCUT2D eigenvalue weighted by molar-refractivity contribution is 5.99. The maximum atomic E-state index is 11.5. The normalized spacial score (nSPS) is 9.50. The SMILES string of the molecule is C=CCNC(=O)c1cc(C)ccc1N. The Morgan fingerprint density at radius 2 is 2.36 bits per heavy atom. The minimum Gasteiger partial charge on any atom is -0.398 e. The van der Waals surface area contributed by atoms with Crippen molar-refractivity contribution in [3.05, 3.63) is 42.0 Å². The van der Waals surface area contributed by atoms with Gasteiger partial charge in [-0.25, -0.2) is 0 Å². The Morgan fingerprint density at radius 1 is 1.64 bits per heavy atom. The third-order valence-electron chi connectivity index (χ3n) is 1.86. The lowest BCUT2D eigenvalue weighted by molar-refractivity contribution is 0.0959. The number of carbonyl (C=O) groups is 1. The summed E-state index contributed by atoms with van der Waals surface area (Å²) in [4.78, 5) is 11.5. The van der Waals surface area contributed by atoms with E-state index in [9.17, 15) is 4.79 Å². The van der Waals surface area contributed by atoms with E-state index in [1.54, 1.807) is 18.2 Å². The predicted molar refractivity (Wildman–Crippen MR) is 58.1 cm³/mol. The molecule has 0 saturated heterocycles. The Kier molecular flexibility index (Phi) is 3.29. The maximum absolute atomic E-state index is 11.5. The second kappa shape index (κ2) is 4.46. The smallest absolute Gasteiger partial charge is 0.253 e. The van der Waals surface area contributed by atoms with E-state index in [-0.39, 0.29) is 5.91 Å². The molecule has 0 bridgehead atoms. The Hall–Kier alpha value is -1.77. The van der Waals surface area contributed by atoms with Gasteiger partial charge in [-0.2, -0.15) is 0 Å².